The summed E-state index contributed by atoms with van der Waals surface area (Å²) in [6, 6.07) is 20.7. The Bertz CT molecular complexity index is 1220. The Labute approximate surface area is 232 Å². The number of ether oxygens (including phenoxy) is 3. The molecule has 3 aromatic carbocycles. The molecule has 1 atom stereocenters. The van der Waals surface area contributed by atoms with E-state index in [0.29, 0.717) is 49.2 Å². The second-order valence-corrected chi connectivity index (χ2v) is 9.80. The summed E-state index contributed by atoms with van der Waals surface area (Å²) in [5, 5.41) is 3.20. The van der Waals surface area contributed by atoms with Crippen molar-refractivity contribution in [1.82, 2.24) is 10.2 Å². The third-order valence-corrected chi connectivity index (χ3v) is 7.02. The number of amides is 1. The summed E-state index contributed by atoms with van der Waals surface area (Å²) >= 11 is 0. The van der Waals surface area contributed by atoms with Crippen LogP contribution in [0.3, 0.4) is 0 Å². The minimum absolute atomic E-state index is 0.0268. The maximum absolute atomic E-state index is 13.5. The van der Waals surface area contributed by atoms with Gasteiger partial charge in [0.15, 0.2) is 11.5 Å². The highest BCUT2D eigenvalue weighted by Gasteiger charge is 2.26. The van der Waals surface area contributed by atoms with Gasteiger partial charge in [-0.05, 0) is 68.1 Å². The highest BCUT2D eigenvalue weighted by molar-refractivity contribution is 5.95. The van der Waals surface area contributed by atoms with Gasteiger partial charge in [-0.25, -0.2) is 0 Å². The van der Waals surface area contributed by atoms with E-state index in [4.69, 9.17) is 14.2 Å². The van der Waals surface area contributed by atoms with Gasteiger partial charge in [-0.3, -0.25) is 9.69 Å². The van der Waals surface area contributed by atoms with E-state index in [0.717, 1.165) is 25.2 Å². The third kappa shape index (κ3) is 6.84. The van der Waals surface area contributed by atoms with Gasteiger partial charge in [0.05, 0.1) is 25.9 Å². The van der Waals surface area contributed by atoms with E-state index in [1.807, 2.05) is 34.9 Å². The predicted molar refractivity (Wildman–Crippen MR) is 156 cm³/mol. The fraction of sp³-hybridized carbons (Fsp3) is 0.406. The minimum Gasteiger partial charge on any atom is -0.490 e. The Kier molecular flexibility index (Phi) is 9.71. The fourth-order valence-electron chi connectivity index (χ4n) is 5.05. The van der Waals surface area contributed by atoms with Gasteiger partial charge in [-0.2, -0.15) is 0 Å². The molecule has 39 heavy (non-hydrogen) atoms. The molecule has 0 aromatic heterocycles. The molecule has 1 aliphatic rings. The zero-order valence-electron chi connectivity index (χ0n) is 23.8. The summed E-state index contributed by atoms with van der Waals surface area (Å²) in [6.07, 6.45) is 0.991. The lowest BCUT2D eigenvalue weighted by Crippen LogP contribution is -2.40. The number of fused-ring (bicyclic) bond motifs is 1. The summed E-state index contributed by atoms with van der Waals surface area (Å²) in [6.45, 7) is 9.36. The smallest absolute Gasteiger partial charge is 0.251 e. The van der Waals surface area contributed by atoms with Crippen molar-refractivity contribution in [3.8, 4) is 17.2 Å². The highest BCUT2D eigenvalue weighted by atomic mass is 16.5. The Hall–Kier alpha value is -3.71. The maximum Gasteiger partial charge on any atom is 0.251 e. The molecule has 1 N–H and O–H groups in total. The second kappa shape index (κ2) is 13.4. The van der Waals surface area contributed by atoms with Crippen LogP contribution >= 0.6 is 0 Å². The van der Waals surface area contributed by atoms with Crippen LogP contribution in [0.5, 0.6) is 17.2 Å². The number of hydrogen-bond donors (Lipinski definition) is 1. The molecule has 0 saturated heterocycles. The molecule has 0 radical (unpaired) electrons. The first-order valence-electron chi connectivity index (χ1n) is 13.9. The Morgan fingerprint density at radius 3 is 2.10 bits per heavy atom. The Morgan fingerprint density at radius 1 is 0.897 bits per heavy atom. The molecule has 7 heteroatoms. The number of benzene rings is 3. The van der Waals surface area contributed by atoms with E-state index in [9.17, 15) is 4.79 Å². The molecule has 208 valence electrons. The van der Waals surface area contributed by atoms with Gasteiger partial charge in [-0.15, -0.1) is 0 Å². The molecule has 0 spiro atoms. The molecule has 1 aliphatic heterocycles. The summed E-state index contributed by atoms with van der Waals surface area (Å²) in [5.74, 6) is 1.38. The second-order valence-electron chi connectivity index (χ2n) is 9.80. The molecule has 1 heterocycles. The van der Waals surface area contributed by atoms with Crippen molar-refractivity contribution in [1.29, 1.82) is 0 Å². The van der Waals surface area contributed by atoms with E-state index in [2.05, 4.69) is 63.6 Å². The Morgan fingerprint density at radius 2 is 1.51 bits per heavy atom. The first kappa shape index (κ1) is 28.3. The molecule has 4 rings (SSSR count). The van der Waals surface area contributed by atoms with Crippen molar-refractivity contribution in [2.45, 2.75) is 39.8 Å². The summed E-state index contributed by atoms with van der Waals surface area (Å²) in [7, 11) is 4.08. The number of nitrogens with one attached hydrogen (secondary N) is 1. The number of carbonyl (C=O) groups is 1. The van der Waals surface area contributed by atoms with Crippen molar-refractivity contribution in [2.75, 3.05) is 51.9 Å². The minimum atomic E-state index is -0.174. The van der Waals surface area contributed by atoms with E-state index in [1.54, 1.807) is 12.1 Å². The molecule has 0 saturated carbocycles. The van der Waals surface area contributed by atoms with Crippen molar-refractivity contribution in [2.24, 2.45) is 0 Å². The van der Waals surface area contributed by atoms with Crippen LogP contribution in [0.15, 0.2) is 60.7 Å². The van der Waals surface area contributed by atoms with Crippen molar-refractivity contribution < 1.29 is 19.0 Å². The quantitative estimate of drug-likeness (QED) is 0.334. The van der Waals surface area contributed by atoms with Crippen LogP contribution in [0.4, 0.5) is 5.69 Å². The van der Waals surface area contributed by atoms with Gasteiger partial charge in [0, 0.05) is 45.0 Å². The third-order valence-electron chi connectivity index (χ3n) is 7.02. The van der Waals surface area contributed by atoms with Gasteiger partial charge in [0.25, 0.3) is 5.91 Å². The van der Waals surface area contributed by atoms with Crippen molar-refractivity contribution >= 4 is 11.6 Å². The summed E-state index contributed by atoms with van der Waals surface area (Å²) in [5.41, 5.74) is 5.56. The average molecular weight is 532 g/mol. The monoisotopic (exact) mass is 531 g/mol. The molecule has 1 amide bonds. The number of hydrogen-bond acceptors (Lipinski definition) is 6. The molecular formula is C32H41N3O4. The molecule has 0 aliphatic carbocycles. The maximum atomic E-state index is 13.5. The lowest BCUT2D eigenvalue weighted by Gasteiger charge is -2.36. The molecule has 7 nitrogen and oxygen atoms in total. The first-order chi connectivity index (χ1) is 18.9. The van der Waals surface area contributed by atoms with E-state index < -0.39 is 0 Å². The summed E-state index contributed by atoms with van der Waals surface area (Å²) < 4.78 is 17.5. The fourth-order valence-corrected chi connectivity index (χ4v) is 5.05. The SMILES string of the molecule is CCOc1cc(C(=O)NCC(c2ccc(N(C)C)cc2)N2CCc3ccccc3C2)cc(OCC)c1OCC. The molecule has 1 unspecified atom stereocenters. The van der Waals surface area contributed by atoms with E-state index in [1.165, 1.54) is 16.7 Å². The van der Waals surface area contributed by atoms with E-state index in [-0.39, 0.29) is 11.9 Å². The first-order valence-corrected chi connectivity index (χ1v) is 13.9. The van der Waals surface area contributed by atoms with Crippen LogP contribution in [-0.2, 0) is 13.0 Å². The molecule has 3 aromatic rings. The Balaban J connectivity index is 1.59. The molecular weight excluding hydrogens is 490 g/mol. The lowest BCUT2D eigenvalue weighted by atomic mass is 9.96. The lowest BCUT2D eigenvalue weighted by molar-refractivity contribution is 0.0926. The van der Waals surface area contributed by atoms with Crippen LogP contribution in [0, 0.1) is 0 Å². The van der Waals surface area contributed by atoms with Crippen LogP contribution < -0.4 is 24.4 Å². The van der Waals surface area contributed by atoms with Gasteiger partial charge in [0.2, 0.25) is 5.75 Å². The summed E-state index contributed by atoms with van der Waals surface area (Å²) in [4.78, 5) is 18.1. The average Bonchev–Trinajstić information content (AvgIpc) is 2.95. The highest BCUT2D eigenvalue weighted by Crippen LogP contribution is 2.39. The largest absolute Gasteiger partial charge is 0.490 e. The van der Waals surface area contributed by atoms with Gasteiger partial charge in [0.1, 0.15) is 0 Å². The molecule has 0 bridgehead atoms. The molecule has 0 fully saturated rings. The zero-order chi connectivity index (χ0) is 27.8. The van der Waals surface area contributed by atoms with Gasteiger partial charge in [-0.1, -0.05) is 36.4 Å². The number of nitrogens with zero attached hydrogens (tertiary/aromatic N) is 2. The van der Waals surface area contributed by atoms with Crippen LogP contribution in [0.1, 0.15) is 53.9 Å². The van der Waals surface area contributed by atoms with Crippen LogP contribution in [0.2, 0.25) is 0 Å². The van der Waals surface area contributed by atoms with Crippen LogP contribution in [-0.4, -0.2) is 57.8 Å². The van der Waals surface area contributed by atoms with Crippen LogP contribution in [0.25, 0.3) is 0 Å². The zero-order valence-corrected chi connectivity index (χ0v) is 23.8. The number of anilines is 1. The van der Waals surface area contributed by atoms with Crippen molar-refractivity contribution in [3.63, 3.8) is 0 Å². The van der Waals surface area contributed by atoms with E-state index >= 15 is 0 Å². The number of rotatable bonds is 12. The van der Waals surface area contributed by atoms with Gasteiger partial charge < -0.3 is 24.4 Å². The predicted octanol–water partition coefficient (Wildman–Crippen LogP) is 5.48. The topological polar surface area (TPSA) is 63.3 Å². The van der Waals surface area contributed by atoms with Crippen molar-refractivity contribution in [3.05, 3.63) is 82.9 Å². The normalized spacial score (nSPS) is 13.8. The van der Waals surface area contributed by atoms with Gasteiger partial charge >= 0.3 is 0 Å². The number of carbonyl (C=O) groups excluding carboxylic acids is 1. The standard InChI is InChI=1S/C32H41N3O4/c1-6-37-29-19-26(20-30(38-7-2)31(29)39-8-3)32(36)33-21-28(24-13-15-27(16-14-24)34(4)5)35-18-17-23-11-9-10-12-25(23)22-35/h9-16,19-20,28H,6-8,17-18,21-22H2,1-5H3,(H,33,36).